The summed E-state index contributed by atoms with van der Waals surface area (Å²) in [4.78, 5) is 12.2. The van der Waals surface area contributed by atoms with E-state index >= 15 is 0 Å². The van der Waals surface area contributed by atoms with E-state index in [-0.39, 0.29) is 0 Å². The molecule has 5 heteroatoms. The van der Waals surface area contributed by atoms with Crippen LogP contribution in [0.4, 0.5) is 0 Å². The quantitative estimate of drug-likeness (QED) is 0.588. The highest BCUT2D eigenvalue weighted by Crippen LogP contribution is 2.13. The number of nitrogens with zero attached hydrogens (tertiary/aromatic N) is 5. The maximum Gasteiger partial charge on any atom is 0.166 e. The predicted molar refractivity (Wildman–Crippen MR) is 54.5 cm³/mol. The molecule has 0 bridgehead atoms. The molecule has 0 fully saturated rings. The molecule has 0 spiro atoms. The van der Waals surface area contributed by atoms with E-state index in [1.54, 1.807) is 29.5 Å². The molecule has 3 aromatic rings. The van der Waals surface area contributed by atoms with Crippen molar-refractivity contribution in [2.75, 3.05) is 0 Å². The Labute approximate surface area is 85.4 Å². The highest BCUT2D eigenvalue weighted by Gasteiger charge is 2.04. The number of rotatable bonds is 1. The van der Waals surface area contributed by atoms with Gasteiger partial charge in [0.25, 0.3) is 0 Å². The van der Waals surface area contributed by atoms with E-state index in [1.807, 2.05) is 12.1 Å². The summed E-state index contributed by atoms with van der Waals surface area (Å²) in [5.74, 6) is 0. The zero-order valence-corrected chi connectivity index (χ0v) is 7.78. The highest BCUT2D eigenvalue weighted by molar-refractivity contribution is 5.74. The van der Waals surface area contributed by atoms with Crippen LogP contribution in [0.15, 0.2) is 43.2 Å². The van der Waals surface area contributed by atoms with Crippen LogP contribution in [0.3, 0.4) is 0 Å². The second-order valence-electron chi connectivity index (χ2n) is 3.07. The Morgan fingerprint density at radius 3 is 2.93 bits per heavy atom. The number of fused-ring (bicyclic) bond motifs is 1. The van der Waals surface area contributed by atoms with Crippen LogP contribution in [-0.2, 0) is 0 Å². The van der Waals surface area contributed by atoms with E-state index < -0.39 is 0 Å². The van der Waals surface area contributed by atoms with Crippen molar-refractivity contribution in [2.45, 2.75) is 0 Å². The van der Waals surface area contributed by atoms with Gasteiger partial charge in [0.15, 0.2) is 5.65 Å². The minimum absolute atomic E-state index is 0.790. The Morgan fingerprint density at radius 1 is 1.07 bits per heavy atom. The summed E-state index contributed by atoms with van der Waals surface area (Å²) in [6, 6.07) is 3.80. The molecule has 0 aliphatic heterocycles. The first-order valence-electron chi connectivity index (χ1n) is 4.49. The van der Waals surface area contributed by atoms with Gasteiger partial charge in [-0.15, -0.1) is 0 Å². The van der Waals surface area contributed by atoms with Crippen molar-refractivity contribution in [1.82, 2.24) is 24.7 Å². The van der Waals surface area contributed by atoms with E-state index in [2.05, 4.69) is 20.1 Å². The molecule has 72 valence electrons. The van der Waals surface area contributed by atoms with Crippen LogP contribution in [0, 0.1) is 0 Å². The van der Waals surface area contributed by atoms with E-state index in [4.69, 9.17) is 0 Å². The van der Waals surface area contributed by atoms with Crippen molar-refractivity contribution in [1.29, 1.82) is 0 Å². The second-order valence-corrected chi connectivity index (χ2v) is 3.07. The lowest BCUT2D eigenvalue weighted by Gasteiger charge is -2.00. The lowest BCUT2D eigenvalue weighted by molar-refractivity contribution is 0.888. The summed E-state index contributed by atoms with van der Waals surface area (Å²) in [6.45, 7) is 0. The molecule has 0 saturated carbocycles. The monoisotopic (exact) mass is 197 g/mol. The van der Waals surface area contributed by atoms with Gasteiger partial charge in [-0.05, 0) is 12.1 Å². The first-order chi connectivity index (χ1) is 7.45. The summed E-state index contributed by atoms with van der Waals surface area (Å²) < 4.78 is 1.74. The van der Waals surface area contributed by atoms with Gasteiger partial charge in [-0.1, -0.05) is 0 Å². The van der Waals surface area contributed by atoms with Crippen LogP contribution >= 0.6 is 0 Å². The lowest BCUT2D eigenvalue weighted by atomic mass is 10.4. The standard InChI is InChI=1S/C10H7N5/c1-2-9(6-11-3-1)15-10-8(5-14-15)4-12-7-13-10/h1-7H. The zero-order valence-electron chi connectivity index (χ0n) is 7.78. The Kier molecular flexibility index (Phi) is 1.68. The molecule has 5 nitrogen and oxygen atoms in total. The van der Waals surface area contributed by atoms with Gasteiger partial charge in [0.05, 0.1) is 23.5 Å². The molecule has 3 heterocycles. The second kappa shape index (κ2) is 3.13. The molecule has 15 heavy (non-hydrogen) atoms. The van der Waals surface area contributed by atoms with Crippen molar-refractivity contribution < 1.29 is 0 Å². The fourth-order valence-electron chi connectivity index (χ4n) is 1.44. The summed E-state index contributed by atoms with van der Waals surface area (Å²) in [6.07, 6.45) is 8.46. The third-order valence-corrected chi connectivity index (χ3v) is 2.12. The van der Waals surface area contributed by atoms with Gasteiger partial charge in [-0.25, -0.2) is 14.6 Å². The zero-order chi connectivity index (χ0) is 10.1. The van der Waals surface area contributed by atoms with E-state index in [0.29, 0.717) is 0 Å². The summed E-state index contributed by atoms with van der Waals surface area (Å²) in [5.41, 5.74) is 1.68. The third-order valence-electron chi connectivity index (χ3n) is 2.12. The van der Waals surface area contributed by atoms with Crippen LogP contribution in [0.25, 0.3) is 16.7 Å². The molecule has 0 aromatic carbocycles. The average Bonchev–Trinajstić information content (AvgIpc) is 2.74. The van der Waals surface area contributed by atoms with Crippen LogP contribution in [0.1, 0.15) is 0 Å². The first-order valence-corrected chi connectivity index (χ1v) is 4.49. The summed E-state index contributed by atoms with van der Waals surface area (Å²) in [7, 11) is 0. The number of pyridine rings is 1. The number of hydrogen-bond donors (Lipinski definition) is 0. The topological polar surface area (TPSA) is 56.5 Å². The fourth-order valence-corrected chi connectivity index (χ4v) is 1.44. The fraction of sp³-hybridized carbons (Fsp3) is 0. The van der Waals surface area contributed by atoms with Crippen molar-refractivity contribution in [3.8, 4) is 5.69 Å². The van der Waals surface area contributed by atoms with E-state index in [9.17, 15) is 0 Å². The van der Waals surface area contributed by atoms with Gasteiger partial charge in [0.2, 0.25) is 0 Å². The lowest BCUT2D eigenvalue weighted by Crippen LogP contribution is -1.97. The third kappa shape index (κ3) is 1.25. The minimum atomic E-state index is 0.790. The largest absolute Gasteiger partial charge is 0.262 e. The summed E-state index contributed by atoms with van der Waals surface area (Å²) >= 11 is 0. The molecule has 3 rings (SSSR count). The van der Waals surface area contributed by atoms with Gasteiger partial charge < -0.3 is 0 Å². The SMILES string of the molecule is c1cncc(-n2ncc3cncnc32)c1. The van der Waals surface area contributed by atoms with Crippen molar-refractivity contribution in [3.05, 3.63) is 43.2 Å². The van der Waals surface area contributed by atoms with Crippen LogP contribution in [-0.4, -0.2) is 24.7 Å². The Hall–Kier alpha value is -2.30. The van der Waals surface area contributed by atoms with E-state index in [0.717, 1.165) is 16.7 Å². The molecular formula is C10H7N5. The molecular weight excluding hydrogens is 190 g/mol. The Bertz CT molecular complexity index is 587. The molecule has 0 radical (unpaired) electrons. The van der Waals surface area contributed by atoms with Gasteiger partial charge in [-0.2, -0.15) is 5.10 Å². The molecule has 0 unspecified atom stereocenters. The van der Waals surface area contributed by atoms with Crippen LogP contribution < -0.4 is 0 Å². The normalized spacial score (nSPS) is 10.7. The predicted octanol–water partition coefficient (Wildman–Crippen LogP) is 1.21. The number of aromatic nitrogens is 5. The number of hydrogen-bond acceptors (Lipinski definition) is 4. The van der Waals surface area contributed by atoms with Gasteiger partial charge in [0, 0.05) is 12.4 Å². The van der Waals surface area contributed by atoms with Gasteiger partial charge in [-0.3, -0.25) is 4.98 Å². The Morgan fingerprint density at radius 2 is 2.07 bits per heavy atom. The highest BCUT2D eigenvalue weighted by atomic mass is 15.3. The van der Waals surface area contributed by atoms with E-state index in [1.165, 1.54) is 6.33 Å². The molecule has 0 amide bonds. The van der Waals surface area contributed by atoms with Gasteiger partial charge in [0.1, 0.15) is 6.33 Å². The summed E-state index contributed by atoms with van der Waals surface area (Å²) in [5, 5.41) is 5.16. The molecule has 0 atom stereocenters. The van der Waals surface area contributed by atoms with Crippen LogP contribution in [0.5, 0.6) is 0 Å². The van der Waals surface area contributed by atoms with Crippen LogP contribution in [0.2, 0.25) is 0 Å². The smallest absolute Gasteiger partial charge is 0.166 e. The molecule has 0 aliphatic rings. The average molecular weight is 197 g/mol. The first kappa shape index (κ1) is 8.05. The van der Waals surface area contributed by atoms with Crippen molar-refractivity contribution >= 4 is 11.0 Å². The molecule has 0 N–H and O–H groups in total. The van der Waals surface area contributed by atoms with Crippen molar-refractivity contribution in [2.24, 2.45) is 0 Å². The minimum Gasteiger partial charge on any atom is -0.262 e. The molecule has 3 aromatic heterocycles. The Balaban J connectivity index is 2.28. The van der Waals surface area contributed by atoms with Gasteiger partial charge >= 0.3 is 0 Å². The van der Waals surface area contributed by atoms with Crippen molar-refractivity contribution in [3.63, 3.8) is 0 Å². The maximum atomic E-state index is 4.24. The molecule has 0 aliphatic carbocycles. The maximum absolute atomic E-state index is 4.24. The molecule has 0 saturated heterocycles.